The van der Waals surface area contributed by atoms with Gasteiger partial charge in [0.05, 0.1) is 10.5 Å². The summed E-state index contributed by atoms with van der Waals surface area (Å²) in [5.74, 6) is -1.65. The quantitative estimate of drug-likeness (QED) is 0.665. The van der Waals surface area contributed by atoms with Gasteiger partial charge in [0.1, 0.15) is 5.82 Å². The molecule has 0 spiro atoms. The molecule has 114 valence electrons. The zero-order valence-electron chi connectivity index (χ0n) is 11.2. The summed E-state index contributed by atoms with van der Waals surface area (Å²) in [6.07, 6.45) is 1.36. The van der Waals surface area contributed by atoms with E-state index in [9.17, 15) is 22.7 Å². The van der Waals surface area contributed by atoms with Gasteiger partial charge in [-0.3, -0.25) is 0 Å². The SMILES string of the molecule is NS(=O)(=O)c1ccc(/C=C(/C(=O)O)c2ccc(F)cc2)cc1. The van der Waals surface area contributed by atoms with Crippen LogP contribution in [0.2, 0.25) is 0 Å². The molecule has 3 N–H and O–H groups in total. The van der Waals surface area contributed by atoms with Gasteiger partial charge < -0.3 is 5.11 Å². The molecule has 0 heterocycles. The number of sulfonamides is 1. The van der Waals surface area contributed by atoms with Crippen molar-refractivity contribution in [3.05, 3.63) is 65.5 Å². The Morgan fingerprint density at radius 1 is 1.05 bits per heavy atom. The van der Waals surface area contributed by atoms with E-state index in [4.69, 9.17) is 5.14 Å². The molecule has 0 saturated heterocycles. The lowest BCUT2D eigenvalue weighted by Gasteiger charge is -2.04. The maximum absolute atomic E-state index is 12.9. The fourth-order valence-corrected chi connectivity index (χ4v) is 2.33. The van der Waals surface area contributed by atoms with Gasteiger partial charge in [0, 0.05) is 0 Å². The third-order valence-corrected chi connectivity index (χ3v) is 3.83. The van der Waals surface area contributed by atoms with Gasteiger partial charge in [0.25, 0.3) is 0 Å². The Morgan fingerprint density at radius 3 is 2.05 bits per heavy atom. The molecule has 0 aliphatic heterocycles. The average molecular weight is 321 g/mol. The summed E-state index contributed by atoms with van der Waals surface area (Å²) in [5.41, 5.74) is 0.780. The third-order valence-electron chi connectivity index (χ3n) is 2.91. The molecule has 0 atom stereocenters. The minimum absolute atomic E-state index is 0.0386. The predicted molar refractivity (Wildman–Crippen MR) is 79.7 cm³/mol. The predicted octanol–water partition coefficient (Wildman–Crippen LogP) is 2.10. The number of carbonyl (C=O) groups is 1. The molecule has 0 aliphatic carbocycles. The third kappa shape index (κ3) is 3.78. The Morgan fingerprint density at radius 2 is 1.59 bits per heavy atom. The first-order valence-corrected chi connectivity index (χ1v) is 7.66. The topological polar surface area (TPSA) is 97.5 Å². The van der Waals surface area contributed by atoms with E-state index in [0.29, 0.717) is 11.1 Å². The molecule has 0 aliphatic rings. The lowest BCUT2D eigenvalue weighted by molar-refractivity contribution is -0.130. The standard InChI is InChI=1S/C15H12FNO4S/c16-12-5-3-11(4-6-12)14(15(18)19)9-10-1-7-13(8-2-10)22(17,20)21/h1-9H,(H,18,19)(H2,17,20,21)/b14-9+. The van der Waals surface area contributed by atoms with Crippen LogP contribution in [0.3, 0.4) is 0 Å². The number of primary sulfonamides is 1. The summed E-state index contributed by atoms with van der Waals surface area (Å²) in [6, 6.07) is 10.5. The highest BCUT2D eigenvalue weighted by Crippen LogP contribution is 2.20. The Bertz CT molecular complexity index is 825. The first kappa shape index (κ1) is 15.9. The number of aliphatic carboxylic acids is 1. The van der Waals surface area contributed by atoms with E-state index in [-0.39, 0.29) is 10.5 Å². The molecule has 0 aromatic heterocycles. The molecule has 0 amide bonds. The molecule has 2 aromatic carbocycles. The molecule has 22 heavy (non-hydrogen) atoms. The summed E-state index contributed by atoms with van der Waals surface area (Å²) in [7, 11) is -3.80. The summed E-state index contributed by atoms with van der Waals surface area (Å²) in [4.78, 5) is 11.3. The van der Waals surface area contributed by atoms with Crippen molar-refractivity contribution in [2.45, 2.75) is 4.90 Å². The highest BCUT2D eigenvalue weighted by atomic mass is 32.2. The van der Waals surface area contributed by atoms with E-state index in [1.165, 1.54) is 42.5 Å². The van der Waals surface area contributed by atoms with Crippen molar-refractivity contribution in [2.75, 3.05) is 0 Å². The minimum atomic E-state index is -3.80. The fraction of sp³-hybridized carbons (Fsp3) is 0. The Hall–Kier alpha value is -2.51. The van der Waals surface area contributed by atoms with Crippen LogP contribution in [-0.4, -0.2) is 19.5 Å². The van der Waals surface area contributed by atoms with Crippen molar-refractivity contribution in [3.8, 4) is 0 Å². The normalized spacial score (nSPS) is 12.2. The number of rotatable bonds is 4. The molecule has 2 rings (SSSR count). The molecule has 0 unspecified atom stereocenters. The minimum Gasteiger partial charge on any atom is -0.478 e. The van der Waals surface area contributed by atoms with E-state index in [1.807, 2.05) is 0 Å². The van der Waals surface area contributed by atoms with Crippen LogP contribution in [0.1, 0.15) is 11.1 Å². The average Bonchev–Trinajstić information content (AvgIpc) is 2.45. The summed E-state index contributed by atoms with van der Waals surface area (Å²) >= 11 is 0. The van der Waals surface area contributed by atoms with Gasteiger partial charge in [-0.1, -0.05) is 24.3 Å². The van der Waals surface area contributed by atoms with E-state index in [1.54, 1.807) is 0 Å². The van der Waals surface area contributed by atoms with Gasteiger partial charge in [-0.2, -0.15) is 0 Å². The summed E-state index contributed by atoms with van der Waals surface area (Å²) < 4.78 is 35.2. The first-order valence-electron chi connectivity index (χ1n) is 6.11. The second-order valence-corrected chi connectivity index (χ2v) is 6.05. The Labute approximate surface area is 126 Å². The molecule has 2 aromatic rings. The number of carboxylic acid groups (broad SMARTS) is 1. The molecule has 0 bridgehead atoms. The summed E-state index contributed by atoms with van der Waals surface area (Å²) in [6.45, 7) is 0. The lowest BCUT2D eigenvalue weighted by Crippen LogP contribution is -2.11. The number of hydrogen-bond acceptors (Lipinski definition) is 3. The zero-order chi connectivity index (χ0) is 16.3. The molecule has 0 saturated carbocycles. The first-order chi connectivity index (χ1) is 10.3. The van der Waals surface area contributed by atoms with Crippen LogP contribution in [0, 0.1) is 5.82 Å². The van der Waals surface area contributed by atoms with E-state index >= 15 is 0 Å². The fourth-order valence-electron chi connectivity index (χ4n) is 1.82. The van der Waals surface area contributed by atoms with Crippen LogP contribution >= 0.6 is 0 Å². The van der Waals surface area contributed by atoms with Crippen LogP contribution in [0.4, 0.5) is 4.39 Å². The van der Waals surface area contributed by atoms with Crippen molar-refractivity contribution in [1.82, 2.24) is 0 Å². The van der Waals surface area contributed by atoms with E-state index in [0.717, 1.165) is 12.1 Å². The second-order valence-electron chi connectivity index (χ2n) is 4.48. The number of carboxylic acids is 1. The molecule has 7 heteroatoms. The van der Waals surface area contributed by atoms with Crippen LogP contribution < -0.4 is 5.14 Å². The highest BCUT2D eigenvalue weighted by molar-refractivity contribution is 7.89. The van der Waals surface area contributed by atoms with Gasteiger partial charge in [-0.25, -0.2) is 22.7 Å². The largest absolute Gasteiger partial charge is 0.478 e. The van der Waals surface area contributed by atoms with Gasteiger partial charge in [-0.15, -0.1) is 0 Å². The number of halogens is 1. The van der Waals surface area contributed by atoms with Gasteiger partial charge in [0.2, 0.25) is 10.0 Å². The summed E-state index contributed by atoms with van der Waals surface area (Å²) in [5, 5.41) is 14.3. The van der Waals surface area contributed by atoms with Gasteiger partial charge >= 0.3 is 5.97 Å². The Balaban J connectivity index is 2.43. The van der Waals surface area contributed by atoms with Crippen LogP contribution in [0.15, 0.2) is 53.4 Å². The smallest absolute Gasteiger partial charge is 0.336 e. The lowest BCUT2D eigenvalue weighted by atomic mass is 10.0. The van der Waals surface area contributed by atoms with Crippen LogP contribution in [-0.2, 0) is 14.8 Å². The molecule has 5 nitrogen and oxygen atoms in total. The van der Waals surface area contributed by atoms with E-state index < -0.39 is 21.8 Å². The molecular formula is C15H12FNO4S. The Kier molecular flexibility index (Phi) is 4.39. The van der Waals surface area contributed by atoms with E-state index in [2.05, 4.69) is 0 Å². The maximum Gasteiger partial charge on any atom is 0.336 e. The van der Waals surface area contributed by atoms with Crippen molar-refractivity contribution >= 4 is 27.6 Å². The molecule has 0 fully saturated rings. The molecule has 0 radical (unpaired) electrons. The van der Waals surface area contributed by atoms with Crippen LogP contribution in [0.25, 0.3) is 11.6 Å². The number of benzene rings is 2. The van der Waals surface area contributed by atoms with Crippen molar-refractivity contribution in [3.63, 3.8) is 0 Å². The van der Waals surface area contributed by atoms with Crippen molar-refractivity contribution in [2.24, 2.45) is 5.14 Å². The zero-order valence-corrected chi connectivity index (χ0v) is 12.0. The maximum atomic E-state index is 12.9. The number of hydrogen-bond donors (Lipinski definition) is 2. The number of nitrogens with two attached hydrogens (primary N) is 1. The second kappa shape index (κ2) is 6.08. The van der Waals surface area contributed by atoms with Gasteiger partial charge in [0.15, 0.2) is 0 Å². The van der Waals surface area contributed by atoms with Crippen molar-refractivity contribution < 1.29 is 22.7 Å². The van der Waals surface area contributed by atoms with Crippen molar-refractivity contribution in [1.29, 1.82) is 0 Å². The van der Waals surface area contributed by atoms with Crippen LogP contribution in [0.5, 0.6) is 0 Å². The monoisotopic (exact) mass is 321 g/mol. The molecular weight excluding hydrogens is 309 g/mol. The highest BCUT2D eigenvalue weighted by Gasteiger charge is 2.11. The van der Waals surface area contributed by atoms with Gasteiger partial charge in [-0.05, 0) is 41.5 Å².